The van der Waals surface area contributed by atoms with Gasteiger partial charge in [0.2, 0.25) is 0 Å². The average Bonchev–Trinajstić information content (AvgIpc) is 2.54. The fraction of sp³-hybridized carbons (Fsp3) is 0.556. The molecule has 1 fully saturated rings. The van der Waals surface area contributed by atoms with E-state index < -0.39 is 11.7 Å². The minimum atomic E-state index is -0.525. The molecule has 7 nitrogen and oxygen atoms in total. The highest BCUT2D eigenvalue weighted by Crippen LogP contribution is 2.20. The summed E-state index contributed by atoms with van der Waals surface area (Å²) in [6.07, 6.45) is -0.720. The molecule has 7 heteroatoms. The number of hydrogen-bond donors (Lipinski definition) is 1. The first-order valence-corrected chi connectivity index (χ1v) is 8.55. The lowest BCUT2D eigenvalue weighted by atomic mass is 10.2. The topological polar surface area (TPSA) is 71.1 Å². The average molecular weight is 349 g/mol. The van der Waals surface area contributed by atoms with Crippen molar-refractivity contribution in [2.45, 2.75) is 33.3 Å². The second kappa shape index (κ2) is 8.09. The normalized spacial score (nSPS) is 14.9. The molecule has 0 bridgehead atoms. The summed E-state index contributed by atoms with van der Waals surface area (Å²) in [7, 11) is 0. The van der Waals surface area contributed by atoms with Gasteiger partial charge < -0.3 is 19.3 Å². The Morgan fingerprint density at radius 2 is 1.68 bits per heavy atom. The van der Waals surface area contributed by atoms with Crippen molar-refractivity contribution in [2.24, 2.45) is 0 Å². The number of amides is 2. The molecule has 1 N–H and O–H groups in total. The molecule has 1 saturated heterocycles. The third kappa shape index (κ3) is 5.85. The van der Waals surface area contributed by atoms with Crippen molar-refractivity contribution in [1.29, 1.82) is 0 Å². The van der Waals surface area contributed by atoms with Gasteiger partial charge in [0.05, 0.1) is 6.61 Å². The maximum absolute atomic E-state index is 11.8. The number of benzene rings is 1. The number of rotatable bonds is 3. The Labute approximate surface area is 148 Å². The molecule has 1 heterocycles. The number of carbonyl (C=O) groups is 2. The number of carbonyl (C=O) groups excluding carboxylic acids is 2. The molecule has 0 aromatic heterocycles. The highest BCUT2D eigenvalue weighted by molar-refractivity contribution is 5.85. The van der Waals surface area contributed by atoms with Gasteiger partial charge in [-0.3, -0.25) is 5.32 Å². The van der Waals surface area contributed by atoms with Crippen LogP contribution in [0.25, 0.3) is 0 Å². The second-order valence-electron chi connectivity index (χ2n) is 6.85. The van der Waals surface area contributed by atoms with E-state index >= 15 is 0 Å². The minimum absolute atomic E-state index is 0.251. The summed E-state index contributed by atoms with van der Waals surface area (Å²) in [6, 6.07) is 7.59. The SMILES string of the molecule is CCOC(=O)N1CCN(c2ccc(NC(=O)OC(C)(C)C)cc2)CC1. The summed E-state index contributed by atoms with van der Waals surface area (Å²) in [5.41, 5.74) is 1.21. The number of anilines is 2. The molecule has 25 heavy (non-hydrogen) atoms. The summed E-state index contributed by atoms with van der Waals surface area (Å²) in [6.45, 7) is 10.4. The van der Waals surface area contributed by atoms with Gasteiger partial charge in [-0.15, -0.1) is 0 Å². The lowest BCUT2D eigenvalue weighted by molar-refractivity contribution is 0.0636. The van der Waals surface area contributed by atoms with Gasteiger partial charge in [-0.1, -0.05) is 0 Å². The van der Waals surface area contributed by atoms with E-state index in [4.69, 9.17) is 9.47 Å². The zero-order valence-corrected chi connectivity index (χ0v) is 15.4. The third-order valence-corrected chi connectivity index (χ3v) is 3.68. The van der Waals surface area contributed by atoms with Crippen molar-refractivity contribution >= 4 is 23.6 Å². The Hall–Kier alpha value is -2.44. The summed E-state index contributed by atoms with van der Waals surface area (Å²) in [5.74, 6) is 0. The lowest BCUT2D eigenvalue weighted by Crippen LogP contribution is -2.49. The minimum Gasteiger partial charge on any atom is -0.450 e. The van der Waals surface area contributed by atoms with Crippen LogP contribution in [0, 0.1) is 0 Å². The Kier molecular flexibility index (Phi) is 6.12. The number of piperazine rings is 1. The zero-order valence-electron chi connectivity index (χ0n) is 15.4. The van der Waals surface area contributed by atoms with Crippen molar-refractivity contribution in [3.8, 4) is 0 Å². The van der Waals surface area contributed by atoms with Gasteiger partial charge in [0.25, 0.3) is 0 Å². The van der Waals surface area contributed by atoms with Gasteiger partial charge in [-0.25, -0.2) is 9.59 Å². The fourth-order valence-corrected chi connectivity index (χ4v) is 2.54. The van der Waals surface area contributed by atoms with E-state index in [0.29, 0.717) is 25.4 Å². The lowest BCUT2D eigenvalue weighted by Gasteiger charge is -2.35. The van der Waals surface area contributed by atoms with Crippen LogP contribution in [-0.4, -0.2) is 55.5 Å². The van der Waals surface area contributed by atoms with Crippen LogP contribution >= 0.6 is 0 Å². The molecule has 0 atom stereocenters. The first-order valence-electron chi connectivity index (χ1n) is 8.55. The Balaban J connectivity index is 1.86. The third-order valence-electron chi connectivity index (χ3n) is 3.68. The summed E-state index contributed by atoms with van der Waals surface area (Å²) in [4.78, 5) is 27.4. The first kappa shape index (κ1) is 18.9. The monoisotopic (exact) mass is 349 g/mol. The Bertz CT molecular complexity index is 587. The molecule has 0 aliphatic carbocycles. The van der Waals surface area contributed by atoms with E-state index in [9.17, 15) is 9.59 Å². The van der Waals surface area contributed by atoms with Gasteiger partial charge in [0, 0.05) is 37.6 Å². The fourth-order valence-electron chi connectivity index (χ4n) is 2.54. The molecule has 2 amide bonds. The zero-order chi connectivity index (χ0) is 18.4. The quantitative estimate of drug-likeness (QED) is 0.906. The van der Waals surface area contributed by atoms with Crippen LogP contribution in [-0.2, 0) is 9.47 Å². The van der Waals surface area contributed by atoms with Crippen LogP contribution in [0.5, 0.6) is 0 Å². The molecule has 0 unspecified atom stereocenters. The smallest absolute Gasteiger partial charge is 0.412 e. The molecule has 1 aliphatic heterocycles. The molecule has 0 spiro atoms. The largest absolute Gasteiger partial charge is 0.450 e. The van der Waals surface area contributed by atoms with E-state index in [1.54, 1.807) is 11.8 Å². The summed E-state index contributed by atoms with van der Waals surface area (Å²) >= 11 is 0. The first-order chi connectivity index (χ1) is 11.8. The van der Waals surface area contributed by atoms with E-state index in [2.05, 4.69) is 10.2 Å². The maximum Gasteiger partial charge on any atom is 0.412 e. The summed E-state index contributed by atoms with van der Waals surface area (Å²) in [5, 5.41) is 2.72. The molecule has 138 valence electrons. The standard InChI is InChI=1S/C18H27N3O4/c1-5-24-17(23)21-12-10-20(11-13-21)15-8-6-14(7-9-15)19-16(22)25-18(2,3)4/h6-9H,5,10-13H2,1-4H3,(H,19,22). The van der Waals surface area contributed by atoms with Crippen molar-refractivity contribution < 1.29 is 19.1 Å². The van der Waals surface area contributed by atoms with Gasteiger partial charge >= 0.3 is 12.2 Å². The highest BCUT2D eigenvalue weighted by atomic mass is 16.6. The van der Waals surface area contributed by atoms with Crippen LogP contribution in [0.2, 0.25) is 0 Å². The van der Waals surface area contributed by atoms with Crippen molar-refractivity contribution in [3.63, 3.8) is 0 Å². The van der Waals surface area contributed by atoms with Crippen LogP contribution < -0.4 is 10.2 Å². The molecule has 0 radical (unpaired) electrons. The van der Waals surface area contributed by atoms with Crippen LogP contribution in [0.4, 0.5) is 21.0 Å². The van der Waals surface area contributed by atoms with Gasteiger partial charge in [-0.2, -0.15) is 0 Å². The van der Waals surface area contributed by atoms with E-state index in [1.165, 1.54) is 0 Å². The van der Waals surface area contributed by atoms with Gasteiger partial charge in [0.1, 0.15) is 5.60 Å². The predicted molar refractivity (Wildman–Crippen MR) is 97.1 cm³/mol. The van der Waals surface area contributed by atoms with E-state index in [0.717, 1.165) is 18.8 Å². The molecule has 0 saturated carbocycles. The number of hydrogen-bond acceptors (Lipinski definition) is 5. The van der Waals surface area contributed by atoms with Gasteiger partial charge in [0.15, 0.2) is 0 Å². The molecule has 1 aromatic rings. The Morgan fingerprint density at radius 3 is 2.20 bits per heavy atom. The number of nitrogens with zero attached hydrogens (tertiary/aromatic N) is 2. The van der Waals surface area contributed by atoms with Crippen LogP contribution in [0.15, 0.2) is 24.3 Å². The predicted octanol–water partition coefficient (Wildman–Crippen LogP) is 3.31. The van der Waals surface area contributed by atoms with Crippen molar-refractivity contribution in [3.05, 3.63) is 24.3 Å². The van der Waals surface area contributed by atoms with Crippen molar-refractivity contribution in [2.75, 3.05) is 43.0 Å². The van der Waals surface area contributed by atoms with E-state index in [-0.39, 0.29) is 6.09 Å². The Morgan fingerprint density at radius 1 is 1.08 bits per heavy atom. The van der Waals surface area contributed by atoms with Gasteiger partial charge in [-0.05, 0) is 52.0 Å². The van der Waals surface area contributed by atoms with Crippen LogP contribution in [0.3, 0.4) is 0 Å². The molecular formula is C18H27N3O4. The maximum atomic E-state index is 11.8. The number of ether oxygens (including phenoxy) is 2. The summed E-state index contributed by atoms with van der Waals surface area (Å²) < 4.78 is 10.3. The number of nitrogens with one attached hydrogen (secondary N) is 1. The van der Waals surface area contributed by atoms with Crippen LogP contribution in [0.1, 0.15) is 27.7 Å². The molecule has 1 aliphatic rings. The highest BCUT2D eigenvalue weighted by Gasteiger charge is 2.22. The van der Waals surface area contributed by atoms with E-state index in [1.807, 2.05) is 45.0 Å². The molecular weight excluding hydrogens is 322 g/mol. The molecule has 2 rings (SSSR count). The molecule has 1 aromatic carbocycles. The second-order valence-corrected chi connectivity index (χ2v) is 6.85. The van der Waals surface area contributed by atoms with Crippen molar-refractivity contribution in [1.82, 2.24) is 4.90 Å².